The summed E-state index contributed by atoms with van der Waals surface area (Å²) >= 11 is 0. The molecular weight excluding hydrogens is 292 g/mol. The molecule has 0 saturated carbocycles. The van der Waals surface area contributed by atoms with Gasteiger partial charge in [0.15, 0.2) is 0 Å². The van der Waals surface area contributed by atoms with E-state index in [0.717, 1.165) is 12.5 Å². The fraction of sp³-hybridized carbons (Fsp3) is 0.556. The summed E-state index contributed by atoms with van der Waals surface area (Å²) in [7, 11) is -6.93. The molecule has 0 saturated heterocycles. The van der Waals surface area contributed by atoms with E-state index in [2.05, 4.69) is 9.97 Å². The van der Waals surface area contributed by atoms with Gasteiger partial charge in [0.2, 0.25) is 25.0 Å². The van der Waals surface area contributed by atoms with Gasteiger partial charge in [-0.05, 0) is 6.42 Å². The summed E-state index contributed by atoms with van der Waals surface area (Å²) < 4.78 is 47.1. The van der Waals surface area contributed by atoms with E-state index in [4.69, 9.17) is 5.73 Å². The van der Waals surface area contributed by atoms with E-state index >= 15 is 0 Å². The highest BCUT2D eigenvalue weighted by atomic mass is 32.2. The van der Waals surface area contributed by atoms with Crippen molar-refractivity contribution in [2.24, 2.45) is 0 Å². The van der Waals surface area contributed by atoms with Gasteiger partial charge in [-0.25, -0.2) is 26.8 Å². The van der Waals surface area contributed by atoms with Crippen LogP contribution in [-0.2, 0) is 32.8 Å². The Hall–Kier alpha value is -1.26. The molecule has 2 N–H and O–H groups in total. The van der Waals surface area contributed by atoms with Gasteiger partial charge in [-0.1, -0.05) is 0 Å². The lowest BCUT2D eigenvalue weighted by molar-refractivity contribution is 0.386. The number of hydrogen-bond acceptors (Lipinski definition) is 7. The van der Waals surface area contributed by atoms with Crippen LogP contribution in [0.15, 0.2) is 5.16 Å². The van der Waals surface area contributed by atoms with E-state index in [9.17, 15) is 16.8 Å². The first-order valence-electron chi connectivity index (χ1n) is 5.39. The second-order valence-electron chi connectivity index (χ2n) is 4.44. The summed E-state index contributed by atoms with van der Waals surface area (Å²) in [6.07, 6.45) is 2.45. The van der Waals surface area contributed by atoms with Crippen LogP contribution >= 0.6 is 0 Å². The van der Waals surface area contributed by atoms with E-state index < -0.39 is 19.9 Å². The number of rotatable bonds is 2. The number of anilines is 1. The highest BCUT2D eigenvalue weighted by Crippen LogP contribution is 2.24. The topological polar surface area (TPSA) is 123 Å². The smallest absolute Gasteiger partial charge is 0.249 e. The lowest BCUT2D eigenvalue weighted by atomic mass is 10.1. The first kappa shape index (κ1) is 14.2. The average molecular weight is 306 g/mol. The lowest BCUT2D eigenvalue weighted by Gasteiger charge is -2.26. The predicted molar refractivity (Wildman–Crippen MR) is 68.5 cm³/mol. The molecule has 8 nitrogen and oxygen atoms in total. The average Bonchev–Trinajstić information content (AvgIpc) is 2.25. The van der Waals surface area contributed by atoms with E-state index in [0.29, 0.717) is 17.7 Å². The number of nitrogens with zero attached hydrogens (tertiary/aromatic N) is 3. The summed E-state index contributed by atoms with van der Waals surface area (Å²) in [6, 6.07) is 0. The maximum atomic E-state index is 11.5. The zero-order chi connectivity index (χ0) is 14.4. The van der Waals surface area contributed by atoms with Gasteiger partial charge in [0.05, 0.1) is 18.5 Å². The van der Waals surface area contributed by atoms with Gasteiger partial charge < -0.3 is 5.73 Å². The molecule has 2 rings (SSSR count). The SMILES string of the molecule is CS(=O)(=O)c1nc(N)c2c(n1)CN(S(C)(=O)=O)CC2. The van der Waals surface area contributed by atoms with E-state index in [1.165, 1.54) is 4.31 Å². The standard InChI is InChI=1S/C9H14N4O4S2/c1-18(14,15)9-11-7-5-13(19(2,16)17)4-3-6(7)8(10)12-9/h3-5H2,1-2H3,(H2,10,11,12). The normalized spacial score (nSPS) is 17.2. The van der Waals surface area contributed by atoms with Crippen LogP contribution in [0.5, 0.6) is 0 Å². The van der Waals surface area contributed by atoms with Crippen LogP contribution in [0.3, 0.4) is 0 Å². The van der Waals surface area contributed by atoms with Crippen molar-refractivity contribution in [3.63, 3.8) is 0 Å². The highest BCUT2D eigenvalue weighted by Gasteiger charge is 2.27. The predicted octanol–water partition coefficient (Wildman–Crippen LogP) is -1.22. The van der Waals surface area contributed by atoms with Crippen LogP contribution in [0.2, 0.25) is 0 Å². The van der Waals surface area contributed by atoms with Crippen LogP contribution in [0.4, 0.5) is 5.82 Å². The van der Waals surface area contributed by atoms with Crippen molar-refractivity contribution in [3.05, 3.63) is 11.3 Å². The molecule has 1 aliphatic heterocycles. The third kappa shape index (κ3) is 2.85. The van der Waals surface area contributed by atoms with Gasteiger partial charge in [-0.3, -0.25) is 0 Å². The van der Waals surface area contributed by atoms with Gasteiger partial charge in [0.1, 0.15) is 5.82 Å². The molecule has 0 aliphatic carbocycles. The van der Waals surface area contributed by atoms with Gasteiger partial charge >= 0.3 is 0 Å². The molecule has 2 heterocycles. The molecule has 0 aromatic carbocycles. The summed E-state index contributed by atoms with van der Waals surface area (Å²) in [5.74, 6) is 0.0959. The minimum absolute atomic E-state index is 0.0173. The van der Waals surface area contributed by atoms with Crippen LogP contribution in [0.1, 0.15) is 11.3 Å². The third-order valence-corrected chi connectivity index (χ3v) is 4.94. The van der Waals surface area contributed by atoms with Crippen LogP contribution in [0, 0.1) is 0 Å². The van der Waals surface area contributed by atoms with Crippen molar-refractivity contribution in [3.8, 4) is 0 Å². The van der Waals surface area contributed by atoms with Gasteiger partial charge in [0, 0.05) is 18.4 Å². The molecule has 1 aromatic rings. The number of nitrogen functional groups attached to an aromatic ring is 1. The molecule has 0 radical (unpaired) electrons. The molecule has 0 bridgehead atoms. The first-order chi connectivity index (χ1) is 8.59. The Balaban J connectivity index is 2.52. The third-order valence-electron chi connectivity index (χ3n) is 2.84. The minimum Gasteiger partial charge on any atom is -0.383 e. The molecule has 1 aromatic heterocycles. The molecule has 106 valence electrons. The van der Waals surface area contributed by atoms with E-state index in [1.807, 2.05) is 0 Å². The molecule has 10 heteroatoms. The number of hydrogen-bond donors (Lipinski definition) is 1. The number of sulfone groups is 1. The Kier molecular flexibility index (Phi) is 3.27. The van der Waals surface area contributed by atoms with Crippen LogP contribution in [0.25, 0.3) is 0 Å². The number of aromatic nitrogens is 2. The quantitative estimate of drug-likeness (QED) is 0.679. The zero-order valence-electron chi connectivity index (χ0n) is 10.5. The molecule has 19 heavy (non-hydrogen) atoms. The maximum absolute atomic E-state index is 11.5. The van der Waals surface area contributed by atoms with Gasteiger partial charge in [-0.15, -0.1) is 0 Å². The number of nitrogens with two attached hydrogens (primary N) is 1. The zero-order valence-corrected chi connectivity index (χ0v) is 12.1. The molecule has 1 aliphatic rings. The van der Waals surface area contributed by atoms with E-state index in [-0.39, 0.29) is 24.1 Å². The summed E-state index contributed by atoms with van der Waals surface area (Å²) in [6.45, 7) is 0.307. The Bertz CT molecular complexity index is 727. The minimum atomic E-state index is -3.58. The second kappa shape index (κ2) is 4.39. The molecular formula is C9H14N4O4S2. The fourth-order valence-electron chi connectivity index (χ4n) is 1.86. The van der Waals surface area contributed by atoms with E-state index in [1.54, 1.807) is 0 Å². The fourth-order valence-corrected chi connectivity index (χ4v) is 3.18. The van der Waals surface area contributed by atoms with Gasteiger partial charge in [-0.2, -0.15) is 4.31 Å². The number of fused-ring (bicyclic) bond motifs is 1. The van der Waals surface area contributed by atoms with Crippen LogP contribution < -0.4 is 5.73 Å². The molecule has 0 amide bonds. The second-order valence-corrected chi connectivity index (χ2v) is 8.33. The largest absolute Gasteiger partial charge is 0.383 e. The van der Waals surface area contributed by atoms with Crippen molar-refractivity contribution in [1.82, 2.24) is 14.3 Å². The summed E-state index contributed by atoms with van der Waals surface area (Å²) in [5.41, 5.74) is 6.68. The van der Waals surface area contributed by atoms with Crippen LogP contribution in [-0.4, -0.2) is 50.2 Å². The Morgan fingerprint density at radius 2 is 1.79 bits per heavy atom. The highest BCUT2D eigenvalue weighted by molar-refractivity contribution is 7.90. The van der Waals surface area contributed by atoms with Crippen molar-refractivity contribution in [2.45, 2.75) is 18.1 Å². The monoisotopic (exact) mass is 306 g/mol. The summed E-state index contributed by atoms with van der Waals surface area (Å²) in [4.78, 5) is 7.68. The van der Waals surface area contributed by atoms with Crippen molar-refractivity contribution in [2.75, 3.05) is 24.8 Å². The van der Waals surface area contributed by atoms with Crippen molar-refractivity contribution >= 4 is 25.7 Å². The Morgan fingerprint density at radius 3 is 2.32 bits per heavy atom. The van der Waals surface area contributed by atoms with Crippen molar-refractivity contribution < 1.29 is 16.8 Å². The molecule has 0 spiro atoms. The molecule has 0 fully saturated rings. The number of sulfonamides is 1. The summed E-state index contributed by atoms with van der Waals surface area (Å²) in [5, 5.41) is -0.376. The lowest BCUT2D eigenvalue weighted by Crippen LogP contribution is -2.36. The Labute approximate surface area is 111 Å². The Morgan fingerprint density at radius 1 is 1.16 bits per heavy atom. The molecule has 0 unspecified atom stereocenters. The van der Waals surface area contributed by atoms with Crippen molar-refractivity contribution in [1.29, 1.82) is 0 Å². The van der Waals surface area contributed by atoms with Gasteiger partial charge in [0.25, 0.3) is 0 Å². The maximum Gasteiger partial charge on any atom is 0.249 e. The molecule has 0 atom stereocenters. The first-order valence-corrected chi connectivity index (χ1v) is 9.13.